The Bertz CT molecular complexity index is 337. The summed E-state index contributed by atoms with van der Waals surface area (Å²) in [4.78, 5) is 0. The van der Waals surface area contributed by atoms with E-state index in [9.17, 15) is 15.3 Å². The highest BCUT2D eigenvalue weighted by molar-refractivity contribution is 5.19. The molecular weight excluding hydrogens is 242 g/mol. The van der Waals surface area contributed by atoms with Crippen LogP contribution in [0.25, 0.3) is 0 Å². The summed E-state index contributed by atoms with van der Waals surface area (Å²) in [6, 6.07) is 1.89. The lowest BCUT2D eigenvalue weighted by Crippen LogP contribution is -2.59. The van der Waals surface area contributed by atoms with Crippen LogP contribution >= 0.6 is 0 Å². The quantitative estimate of drug-likeness (QED) is 0.442. The summed E-state index contributed by atoms with van der Waals surface area (Å²) in [6.45, 7) is 1.06. The number of ether oxygens (including phenoxy) is 2. The van der Waals surface area contributed by atoms with E-state index in [0.717, 1.165) is 0 Å². The minimum Gasteiger partial charge on any atom is -0.394 e. The zero-order valence-corrected chi connectivity index (χ0v) is 9.93. The smallest absolute Gasteiger partial charge is 0.187 e. The van der Waals surface area contributed by atoms with Crippen LogP contribution in [-0.2, 0) is 9.47 Å². The van der Waals surface area contributed by atoms with Crippen molar-refractivity contribution in [3.05, 3.63) is 11.6 Å². The first-order valence-electron chi connectivity index (χ1n) is 5.52. The summed E-state index contributed by atoms with van der Waals surface area (Å²) in [6.07, 6.45) is -5.00. The van der Waals surface area contributed by atoms with Gasteiger partial charge in [-0.25, -0.2) is 0 Å². The highest BCUT2D eigenvalue weighted by Crippen LogP contribution is 2.22. The summed E-state index contributed by atoms with van der Waals surface area (Å²) in [5, 5.41) is 46.3. The van der Waals surface area contributed by atoms with E-state index >= 15 is 0 Å². The third-order valence-electron chi connectivity index (χ3n) is 2.74. The molecule has 18 heavy (non-hydrogen) atoms. The lowest BCUT2D eigenvalue weighted by Gasteiger charge is -2.39. The molecule has 0 amide bonds. The number of nitrogens with zero attached hydrogens (tertiary/aromatic N) is 1. The predicted molar refractivity (Wildman–Crippen MR) is 59.1 cm³/mol. The number of nitriles is 1. The number of rotatable bonds is 4. The molecule has 0 aromatic carbocycles. The number of aliphatic hydroxyl groups excluding tert-OH is 4. The van der Waals surface area contributed by atoms with E-state index in [-0.39, 0.29) is 6.61 Å². The van der Waals surface area contributed by atoms with E-state index in [1.165, 1.54) is 0 Å². The van der Waals surface area contributed by atoms with E-state index in [1.54, 1.807) is 13.0 Å². The van der Waals surface area contributed by atoms with E-state index < -0.39 is 37.3 Å². The molecule has 0 aromatic heterocycles. The Morgan fingerprint density at radius 3 is 2.50 bits per heavy atom. The van der Waals surface area contributed by atoms with Gasteiger partial charge in [0.15, 0.2) is 6.29 Å². The zero-order valence-electron chi connectivity index (χ0n) is 9.93. The highest BCUT2D eigenvalue weighted by Gasteiger charge is 2.43. The minimum atomic E-state index is -1.47. The Morgan fingerprint density at radius 2 is 2.00 bits per heavy atom. The average molecular weight is 259 g/mol. The number of allylic oxidation sites excluding steroid dienone is 1. The molecule has 1 aliphatic heterocycles. The molecule has 0 bridgehead atoms. The van der Waals surface area contributed by atoms with Crippen molar-refractivity contribution in [2.45, 2.75) is 37.6 Å². The van der Waals surface area contributed by atoms with Gasteiger partial charge in [-0.15, -0.1) is 0 Å². The normalized spacial score (nSPS) is 37.3. The highest BCUT2D eigenvalue weighted by atomic mass is 16.7. The molecule has 1 rings (SSSR count). The molecule has 1 fully saturated rings. The van der Waals surface area contributed by atoms with Gasteiger partial charge in [-0.2, -0.15) is 5.26 Å². The molecular formula is C11H17NO6. The van der Waals surface area contributed by atoms with Crippen LogP contribution < -0.4 is 0 Å². The molecule has 0 radical (unpaired) electrons. The standard InChI is InChI=1S/C11H17NO6/c1-2-6(3-12)5-17-11-10(16)9(15)8(14)7(4-13)18-11/h2,7-11,13-16H,4-5H2,1H3. The first-order valence-corrected chi connectivity index (χ1v) is 5.52. The number of hydrogen-bond acceptors (Lipinski definition) is 7. The van der Waals surface area contributed by atoms with Gasteiger partial charge in [0.1, 0.15) is 24.4 Å². The van der Waals surface area contributed by atoms with Crippen molar-refractivity contribution in [1.82, 2.24) is 0 Å². The van der Waals surface area contributed by atoms with Crippen LogP contribution in [0.4, 0.5) is 0 Å². The predicted octanol–water partition coefficient (Wildman–Crippen LogP) is -1.73. The Morgan fingerprint density at radius 1 is 1.33 bits per heavy atom. The summed E-state index contributed by atoms with van der Waals surface area (Å²) >= 11 is 0. The Hall–Kier alpha value is -1.01. The maximum Gasteiger partial charge on any atom is 0.187 e. The summed E-state index contributed by atoms with van der Waals surface area (Å²) < 4.78 is 10.2. The van der Waals surface area contributed by atoms with Gasteiger partial charge in [-0.05, 0) is 6.92 Å². The van der Waals surface area contributed by atoms with Gasteiger partial charge in [-0.1, -0.05) is 6.08 Å². The van der Waals surface area contributed by atoms with E-state index in [0.29, 0.717) is 5.57 Å². The summed E-state index contributed by atoms with van der Waals surface area (Å²) in [5.74, 6) is 0. The lowest BCUT2D eigenvalue weighted by molar-refractivity contribution is -0.298. The van der Waals surface area contributed by atoms with Gasteiger partial charge in [0, 0.05) is 0 Å². The summed E-state index contributed by atoms with van der Waals surface area (Å²) in [5.41, 5.74) is 0.340. The zero-order chi connectivity index (χ0) is 13.7. The molecule has 1 aliphatic rings. The van der Waals surface area contributed by atoms with Crippen molar-refractivity contribution in [2.75, 3.05) is 13.2 Å². The molecule has 7 nitrogen and oxygen atoms in total. The fourth-order valence-corrected chi connectivity index (χ4v) is 1.56. The SMILES string of the molecule is CC=C(C#N)COC1OC(CO)C(O)C(O)C1O. The van der Waals surface area contributed by atoms with Crippen LogP contribution in [0.15, 0.2) is 11.6 Å². The van der Waals surface area contributed by atoms with Gasteiger partial charge in [-0.3, -0.25) is 0 Å². The first kappa shape index (κ1) is 15.0. The van der Waals surface area contributed by atoms with Gasteiger partial charge in [0.25, 0.3) is 0 Å². The lowest BCUT2D eigenvalue weighted by atomic mass is 9.99. The molecule has 5 atom stereocenters. The molecule has 0 aliphatic carbocycles. The number of aliphatic hydroxyl groups is 4. The maximum absolute atomic E-state index is 9.64. The van der Waals surface area contributed by atoms with Crippen LogP contribution in [0.1, 0.15) is 6.92 Å². The molecule has 7 heteroatoms. The van der Waals surface area contributed by atoms with E-state index in [1.807, 2.05) is 6.07 Å². The first-order chi connectivity index (χ1) is 8.54. The molecule has 102 valence electrons. The second-order valence-corrected chi connectivity index (χ2v) is 3.93. The minimum absolute atomic E-state index is 0.0876. The fraction of sp³-hybridized carbons (Fsp3) is 0.727. The molecule has 0 saturated carbocycles. The van der Waals surface area contributed by atoms with Gasteiger partial charge in [0.2, 0.25) is 0 Å². The largest absolute Gasteiger partial charge is 0.394 e. The van der Waals surface area contributed by atoms with Crippen molar-refractivity contribution in [3.63, 3.8) is 0 Å². The van der Waals surface area contributed by atoms with Crippen molar-refractivity contribution in [3.8, 4) is 6.07 Å². The third kappa shape index (κ3) is 3.26. The number of hydrogen-bond donors (Lipinski definition) is 4. The topological polar surface area (TPSA) is 123 Å². The van der Waals surface area contributed by atoms with Crippen LogP contribution in [0.5, 0.6) is 0 Å². The van der Waals surface area contributed by atoms with Gasteiger partial charge in [0.05, 0.1) is 24.9 Å². The van der Waals surface area contributed by atoms with Crippen LogP contribution in [0.3, 0.4) is 0 Å². The molecule has 5 unspecified atom stereocenters. The van der Waals surface area contributed by atoms with Crippen LogP contribution in [-0.4, -0.2) is 64.3 Å². The monoisotopic (exact) mass is 259 g/mol. The molecule has 1 saturated heterocycles. The third-order valence-corrected chi connectivity index (χ3v) is 2.74. The Labute approximate surface area is 104 Å². The second-order valence-electron chi connectivity index (χ2n) is 3.93. The van der Waals surface area contributed by atoms with E-state index in [4.69, 9.17) is 19.8 Å². The molecule has 0 spiro atoms. The van der Waals surface area contributed by atoms with Gasteiger partial charge < -0.3 is 29.9 Å². The molecule has 4 N–H and O–H groups in total. The molecule has 0 aromatic rings. The maximum atomic E-state index is 9.64. The van der Waals surface area contributed by atoms with Crippen LogP contribution in [0, 0.1) is 11.3 Å². The van der Waals surface area contributed by atoms with Gasteiger partial charge >= 0.3 is 0 Å². The van der Waals surface area contributed by atoms with Crippen LogP contribution in [0.2, 0.25) is 0 Å². The van der Waals surface area contributed by atoms with Crippen molar-refractivity contribution >= 4 is 0 Å². The van der Waals surface area contributed by atoms with Crippen molar-refractivity contribution in [1.29, 1.82) is 5.26 Å². The second kappa shape index (κ2) is 6.80. The fourth-order valence-electron chi connectivity index (χ4n) is 1.56. The molecule has 1 heterocycles. The Kier molecular flexibility index (Phi) is 5.68. The van der Waals surface area contributed by atoms with Crippen molar-refractivity contribution in [2.24, 2.45) is 0 Å². The Balaban J connectivity index is 2.62. The summed E-state index contributed by atoms with van der Waals surface area (Å²) in [7, 11) is 0. The average Bonchev–Trinajstić information content (AvgIpc) is 2.39. The van der Waals surface area contributed by atoms with Crippen molar-refractivity contribution < 1.29 is 29.9 Å². The van der Waals surface area contributed by atoms with E-state index in [2.05, 4.69) is 0 Å².